The molecule has 0 radical (unpaired) electrons. The van der Waals surface area contributed by atoms with Gasteiger partial charge in [0.05, 0.1) is 12.6 Å². The van der Waals surface area contributed by atoms with E-state index in [0.717, 1.165) is 43.6 Å². The molecule has 1 unspecified atom stereocenters. The van der Waals surface area contributed by atoms with Crippen LogP contribution in [0.4, 0.5) is 0 Å². The van der Waals surface area contributed by atoms with Gasteiger partial charge < -0.3 is 10.1 Å². The average molecular weight is 245 g/mol. The van der Waals surface area contributed by atoms with E-state index in [1.54, 1.807) is 0 Å². The molecular formula is C15H19NO2. The van der Waals surface area contributed by atoms with Crippen molar-refractivity contribution in [3.63, 3.8) is 0 Å². The van der Waals surface area contributed by atoms with E-state index in [2.05, 4.69) is 11.4 Å². The third kappa shape index (κ3) is 2.22. The van der Waals surface area contributed by atoms with Crippen LogP contribution >= 0.6 is 0 Å². The van der Waals surface area contributed by atoms with Crippen molar-refractivity contribution >= 4 is 5.91 Å². The zero-order chi connectivity index (χ0) is 12.4. The standard InChI is InChI=1S/C15H19NO2/c17-15(11-5-3-6-11)16-13-8-4-10-18-14-9-2-1-7-12(13)14/h1-2,7,9,11,13H,3-6,8,10H2,(H,16,17). The van der Waals surface area contributed by atoms with Crippen LogP contribution in [0.5, 0.6) is 5.75 Å². The molecule has 1 atom stereocenters. The molecular weight excluding hydrogens is 226 g/mol. The van der Waals surface area contributed by atoms with Crippen molar-refractivity contribution in [2.75, 3.05) is 6.61 Å². The Balaban J connectivity index is 1.76. The molecule has 1 aliphatic carbocycles. The fourth-order valence-electron chi connectivity index (χ4n) is 2.63. The second kappa shape index (κ2) is 5.01. The first-order valence-corrected chi connectivity index (χ1v) is 6.87. The maximum absolute atomic E-state index is 12.1. The minimum Gasteiger partial charge on any atom is -0.493 e. The molecule has 3 nitrogen and oxygen atoms in total. The maximum Gasteiger partial charge on any atom is 0.223 e. The number of amides is 1. The minimum atomic E-state index is 0.122. The van der Waals surface area contributed by atoms with Gasteiger partial charge in [0.25, 0.3) is 0 Å². The lowest BCUT2D eigenvalue weighted by Gasteiger charge is -2.27. The summed E-state index contributed by atoms with van der Waals surface area (Å²) in [5, 5.41) is 3.20. The Kier molecular flexibility index (Phi) is 3.22. The van der Waals surface area contributed by atoms with Crippen molar-refractivity contribution in [1.29, 1.82) is 0 Å². The molecule has 3 rings (SSSR count). The normalized spacial score (nSPS) is 23.2. The third-order valence-corrected chi connectivity index (χ3v) is 3.98. The van der Waals surface area contributed by atoms with Crippen molar-refractivity contribution in [3.05, 3.63) is 29.8 Å². The van der Waals surface area contributed by atoms with E-state index >= 15 is 0 Å². The van der Waals surface area contributed by atoms with E-state index in [1.165, 1.54) is 6.42 Å². The third-order valence-electron chi connectivity index (χ3n) is 3.98. The van der Waals surface area contributed by atoms with Gasteiger partial charge in [0.15, 0.2) is 0 Å². The molecule has 1 aromatic carbocycles. The summed E-state index contributed by atoms with van der Waals surface area (Å²) in [7, 11) is 0. The average Bonchev–Trinajstić information content (AvgIpc) is 2.50. The van der Waals surface area contributed by atoms with E-state index in [9.17, 15) is 4.79 Å². The lowest BCUT2D eigenvalue weighted by Crippen LogP contribution is -2.36. The van der Waals surface area contributed by atoms with Gasteiger partial charge >= 0.3 is 0 Å². The van der Waals surface area contributed by atoms with Crippen molar-refractivity contribution in [2.24, 2.45) is 5.92 Å². The van der Waals surface area contributed by atoms with Gasteiger partial charge in [0.1, 0.15) is 5.75 Å². The minimum absolute atomic E-state index is 0.122. The van der Waals surface area contributed by atoms with Crippen LogP contribution in [0.3, 0.4) is 0 Å². The Morgan fingerprint density at radius 2 is 2.00 bits per heavy atom. The molecule has 2 aliphatic rings. The van der Waals surface area contributed by atoms with Crippen molar-refractivity contribution in [3.8, 4) is 5.75 Å². The van der Waals surface area contributed by atoms with Crippen LogP contribution in [0.2, 0.25) is 0 Å². The van der Waals surface area contributed by atoms with E-state index in [-0.39, 0.29) is 17.9 Å². The summed E-state index contributed by atoms with van der Waals surface area (Å²) in [4.78, 5) is 12.1. The molecule has 1 saturated carbocycles. The van der Waals surface area contributed by atoms with Gasteiger partial charge in [-0.3, -0.25) is 4.79 Å². The number of fused-ring (bicyclic) bond motifs is 1. The second-order valence-electron chi connectivity index (χ2n) is 5.22. The maximum atomic E-state index is 12.1. The van der Waals surface area contributed by atoms with E-state index in [1.807, 2.05) is 18.2 Å². The number of ether oxygens (including phenoxy) is 1. The number of nitrogens with one attached hydrogen (secondary N) is 1. The highest BCUT2D eigenvalue weighted by molar-refractivity contribution is 5.80. The molecule has 0 aromatic heterocycles. The largest absolute Gasteiger partial charge is 0.493 e. The molecule has 1 aliphatic heterocycles. The fraction of sp³-hybridized carbons (Fsp3) is 0.533. The summed E-state index contributed by atoms with van der Waals surface area (Å²) in [6, 6.07) is 8.16. The summed E-state index contributed by atoms with van der Waals surface area (Å²) in [5.41, 5.74) is 1.13. The molecule has 1 heterocycles. The van der Waals surface area contributed by atoms with Gasteiger partial charge in [0, 0.05) is 11.5 Å². The predicted molar refractivity (Wildman–Crippen MR) is 69.4 cm³/mol. The molecule has 3 heteroatoms. The van der Waals surface area contributed by atoms with Crippen LogP contribution < -0.4 is 10.1 Å². The molecule has 0 spiro atoms. The quantitative estimate of drug-likeness (QED) is 0.870. The highest BCUT2D eigenvalue weighted by atomic mass is 16.5. The Bertz CT molecular complexity index is 440. The number of carbonyl (C=O) groups excluding carboxylic acids is 1. The highest BCUT2D eigenvalue weighted by Gasteiger charge is 2.28. The van der Waals surface area contributed by atoms with Crippen LogP contribution in [0, 0.1) is 5.92 Å². The van der Waals surface area contributed by atoms with E-state index < -0.39 is 0 Å². The summed E-state index contributed by atoms with van der Waals surface area (Å²) < 4.78 is 5.71. The Labute approximate surface area is 108 Å². The number of para-hydroxylation sites is 1. The first kappa shape index (κ1) is 11.6. The van der Waals surface area contributed by atoms with Gasteiger partial charge in [-0.15, -0.1) is 0 Å². The Morgan fingerprint density at radius 1 is 1.17 bits per heavy atom. The van der Waals surface area contributed by atoms with Crippen LogP contribution in [0.25, 0.3) is 0 Å². The first-order chi connectivity index (χ1) is 8.84. The van der Waals surface area contributed by atoms with Crippen molar-refractivity contribution < 1.29 is 9.53 Å². The first-order valence-electron chi connectivity index (χ1n) is 6.87. The van der Waals surface area contributed by atoms with Gasteiger partial charge in [0.2, 0.25) is 5.91 Å². The van der Waals surface area contributed by atoms with Crippen LogP contribution in [0.1, 0.15) is 43.7 Å². The smallest absolute Gasteiger partial charge is 0.223 e. The molecule has 18 heavy (non-hydrogen) atoms. The summed E-state index contributed by atoms with van der Waals surface area (Å²) in [6.07, 6.45) is 5.26. The number of benzene rings is 1. The molecule has 1 amide bonds. The van der Waals surface area contributed by atoms with E-state index in [0.29, 0.717) is 0 Å². The number of hydrogen-bond donors (Lipinski definition) is 1. The topological polar surface area (TPSA) is 38.3 Å². The van der Waals surface area contributed by atoms with Gasteiger partial charge in [-0.25, -0.2) is 0 Å². The molecule has 1 aromatic rings. The predicted octanol–water partition coefficient (Wildman–Crippen LogP) is 2.82. The second-order valence-corrected chi connectivity index (χ2v) is 5.22. The SMILES string of the molecule is O=C(NC1CCCOc2ccccc21)C1CCC1. The highest BCUT2D eigenvalue weighted by Crippen LogP contribution is 2.33. The number of rotatable bonds is 2. The lowest BCUT2D eigenvalue weighted by molar-refractivity contribution is -0.128. The summed E-state index contributed by atoms with van der Waals surface area (Å²) >= 11 is 0. The molecule has 1 N–H and O–H groups in total. The lowest BCUT2D eigenvalue weighted by atomic mass is 9.84. The van der Waals surface area contributed by atoms with Gasteiger partial charge in [-0.2, -0.15) is 0 Å². The zero-order valence-electron chi connectivity index (χ0n) is 10.5. The number of hydrogen-bond acceptors (Lipinski definition) is 2. The molecule has 0 bridgehead atoms. The Morgan fingerprint density at radius 3 is 2.78 bits per heavy atom. The van der Waals surface area contributed by atoms with Crippen molar-refractivity contribution in [1.82, 2.24) is 5.32 Å². The van der Waals surface area contributed by atoms with Crippen molar-refractivity contribution in [2.45, 2.75) is 38.1 Å². The summed E-state index contributed by atoms with van der Waals surface area (Å²) in [5.74, 6) is 1.40. The number of carbonyl (C=O) groups is 1. The Hall–Kier alpha value is -1.51. The monoisotopic (exact) mass is 245 g/mol. The molecule has 1 fully saturated rings. The van der Waals surface area contributed by atoms with Crippen LogP contribution in [-0.4, -0.2) is 12.5 Å². The van der Waals surface area contributed by atoms with Crippen LogP contribution in [0.15, 0.2) is 24.3 Å². The molecule has 0 saturated heterocycles. The van der Waals surface area contributed by atoms with E-state index in [4.69, 9.17) is 4.74 Å². The molecule has 96 valence electrons. The van der Waals surface area contributed by atoms with Gasteiger partial charge in [-0.1, -0.05) is 24.6 Å². The fourth-order valence-corrected chi connectivity index (χ4v) is 2.63. The van der Waals surface area contributed by atoms with Crippen LogP contribution in [-0.2, 0) is 4.79 Å². The summed E-state index contributed by atoms with van der Waals surface area (Å²) in [6.45, 7) is 0.743. The zero-order valence-corrected chi connectivity index (χ0v) is 10.5. The van der Waals surface area contributed by atoms with Gasteiger partial charge in [-0.05, 0) is 31.7 Å².